The predicted molar refractivity (Wildman–Crippen MR) is 66.2 cm³/mol. The van der Waals surface area contributed by atoms with Crippen molar-refractivity contribution in [3.8, 4) is 0 Å². The number of hydrogen-bond acceptors (Lipinski definition) is 3. The van der Waals surface area contributed by atoms with E-state index in [9.17, 15) is 14.4 Å². The van der Waals surface area contributed by atoms with Crippen LogP contribution in [-0.4, -0.2) is 24.3 Å². The van der Waals surface area contributed by atoms with Gasteiger partial charge in [-0.25, -0.2) is 0 Å². The molecule has 0 aliphatic heterocycles. The van der Waals surface area contributed by atoms with Crippen LogP contribution in [0.4, 0.5) is 0 Å². The van der Waals surface area contributed by atoms with Crippen LogP contribution in [0.2, 0.25) is 0 Å². The SMILES string of the molecule is NC(=O)CNC(=O)C=Cc1ccc(C(N)=O)cc1. The zero-order valence-electron chi connectivity index (χ0n) is 9.55. The molecule has 0 aromatic heterocycles. The first kappa shape index (κ1) is 13.4. The quantitative estimate of drug-likeness (QED) is 0.603. The third kappa shape index (κ3) is 4.48. The number of nitrogens with one attached hydrogen (secondary N) is 1. The molecule has 94 valence electrons. The minimum absolute atomic E-state index is 0.205. The second kappa shape index (κ2) is 6.19. The van der Waals surface area contributed by atoms with Crippen LogP contribution in [0, 0.1) is 0 Å². The van der Waals surface area contributed by atoms with Gasteiger partial charge in [0.15, 0.2) is 0 Å². The lowest BCUT2D eigenvalue weighted by Crippen LogP contribution is -2.32. The molecule has 0 spiro atoms. The third-order valence-corrected chi connectivity index (χ3v) is 2.06. The fraction of sp³-hybridized carbons (Fsp3) is 0.0833. The van der Waals surface area contributed by atoms with E-state index in [-0.39, 0.29) is 6.54 Å². The van der Waals surface area contributed by atoms with E-state index in [1.807, 2.05) is 0 Å². The van der Waals surface area contributed by atoms with Gasteiger partial charge in [-0.2, -0.15) is 0 Å². The van der Waals surface area contributed by atoms with Crippen LogP contribution in [0.15, 0.2) is 30.3 Å². The minimum atomic E-state index is -0.609. The first-order valence-electron chi connectivity index (χ1n) is 5.13. The average Bonchev–Trinajstić information content (AvgIpc) is 2.34. The molecule has 1 aromatic carbocycles. The summed E-state index contributed by atoms with van der Waals surface area (Å²) in [7, 11) is 0. The van der Waals surface area contributed by atoms with Gasteiger partial charge in [-0.1, -0.05) is 12.1 Å². The zero-order chi connectivity index (χ0) is 13.5. The summed E-state index contributed by atoms with van der Waals surface area (Å²) in [6, 6.07) is 6.42. The Hall–Kier alpha value is -2.63. The molecule has 0 heterocycles. The number of carbonyl (C=O) groups is 3. The number of hydrogen-bond donors (Lipinski definition) is 3. The predicted octanol–water partition coefficient (Wildman–Crippen LogP) is -0.600. The van der Waals surface area contributed by atoms with E-state index in [0.717, 1.165) is 5.56 Å². The van der Waals surface area contributed by atoms with Crippen molar-refractivity contribution in [2.75, 3.05) is 6.54 Å². The first-order chi connectivity index (χ1) is 8.49. The summed E-state index contributed by atoms with van der Waals surface area (Å²) in [5.41, 5.74) is 11.1. The summed E-state index contributed by atoms with van der Waals surface area (Å²) in [6.45, 7) is -0.205. The van der Waals surface area contributed by atoms with Gasteiger partial charge in [0.05, 0.1) is 6.54 Å². The summed E-state index contributed by atoms with van der Waals surface area (Å²) in [6.07, 6.45) is 2.81. The molecule has 0 aliphatic rings. The molecule has 6 heteroatoms. The highest BCUT2D eigenvalue weighted by molar-refractivity contribution is 5.95. The van der Waals surface area contributed by atoms with E-state index in [4.69, 9.17) is 11.5 Å². The third-order valence-electron chi connectivity index (χ3n) is 2.06. The molecule has 1 rings (SSSR count). The van der Waals surface area contributed by atoms with Crippen molar-refractivity contribution in [2.24, 2.45) is 11.5 Å². The summed E-state index contributed by atoms with van der Waals surface area (Å²) in [5, 5.41) is 2.31. The van der Waals surface area contributed by atoms with Crippen LogP contribution in [0.1, 0.15) is 15.9 Å². The van der Waals surface area contributed by atoms with Crippen molar-refractivity contribution in [2.45, 2.75) is 0 Å². The highest BCUT2D eigenvalue weighted by atomic mass is 16.2. The van der Waals surface area contributed by atoms with Gasteiger partial charge in [0.1, 0.15) is 0 Å². The molecule has 0 saturated heterocycles. The highest BCUT2D eigenvalue weighted by Gasteiger charge is 1.99. The fourth-order valence-electron chi connectivity index (χ4n) is 1.16. The van der Waals surface area contributed by atoms with E-state index in [2.05, 4.69) is 5.32 Å². The van der Waals surface area contributed by atoms with Crippen LogP contribution in [0.25, 0.3) is 6.08 Å². The van der Waals surface area contributed by atoms with Gasteiger partial charge < -0.3 is 16.8 Å². The van der Waals surface area contributed by atoms with Gasteiger partial charge >= 0.3 is 0 Å². The number of amides is 3. The monoisotopic (exact) mass is 247 g/mol. The maximum Gasteiger partial charge on any atom is 0.248 e. The average molecular weight is 247 g/mol. The van der Waals surface area contributed by atoms with Crippen molar-refractivity contribution in [1.82, 2.24) is 5.32 Å². The normalized spacial score (nSPS) is 10.2. The molecule has 5 N–H and O–H groups in total. The minimum Gasteiger partial charge on any atom is -0.368 e. The molecule has 0 fully saturated rings. The Morgan fingerprint density at radius 1 is 1.11 bits per heavy atom. The summed E-state index contributed by atoms with van der Waals surface area (Å²) in [5.74, 6) is -1.54. The molecule has 0 aliphatic carbocycles. The molecule has 0 radical (unpaired) electrons. The number of nitrogens with two attached hydrogens (primary N) is 2. The second-order valence-electron chi connectivity index (χ2n) is 3.50. The van der Waals surface area contributed by atoms with Crippen LogP contribution < -0.4 is 16.8 Å². The van der Waals surface area contributed by atoms with E-state index >= 15 is 0 Å². The Balaban J connectivity index is 2.58. The first-order valence-corrected chi connectivity index (χ1v) is 5.13. The molecular weight excluding hydrogens is 234 g/mol. The van der Waals surface area contributed by atoms with Crippen molar-refractivity contribution in [3.63, 3.8) is 0 Å². The van der Waals surface area contributed by atoms with Crippen molar-refractivity contribution in [3.05, 3.63) is 41.5 Å². The summed E-state index contributed by atoms with van der Waals surface area (Å²) >= 11 is 0. The molecule has 3 amide bonds. The van der Waals surface area contributed by atoms with Gasteiger partial charge in [0.2, 0.25) is 17.7 Å². The summed E-state index contributed by atoms with van der Waals surface area (Å²) in [4.78, 5) is 32.5. The Kier molecular flexibility index (Phi) is 4.62. The van der Waals surface area contributed by atoms with Crippen molar-refractivity contribution < 1.29 is 14.4 Å². The maximum atomic E-state index is 11.2. The molecule has 18 heavy (non-hydrogen) atoms. The Morgan fingerprint density at radius 3 is 2.22 bits per heavy atom. The van der Waals surface area contributed by atoms with E-state index < -0.39 is 17.7 Å². The summed E-state index contributed by atoms with van der Waals surface area (Å²) < 4.78 is 0. The fourth-order valence-corrected chi connectivity index (χ4v) is 1.16. The molecule has 1 aromatic rings. The van der Waals surface area contributed by atoms with E-state index in [1.54, 1.807) is 30.3 Å². The number of carbonyl (C=O) groups excluding carboxylic acids is 3. The number of primary amides is 2. The lowest BCUT2D eigenvalue weighted by Gasteiger charge is -1.98. The standard InChI is InChI=1S/C12H13N3O3/c13-10(16)7-15-11(17)6-3-8-1-4-9(5-2-8)12(14)18/h1-6H,7H2,(H2,13,16)(H2,14,18)(H,15,17). The maximum absolute atomic E-state index is 11.2. The van der Waals surface area contributed by atoms with E-state index in [0.29, 0.717) is 5.56 Å². The molecule has 6 nitrogen and oxygen atoms in total. The van der Waals surface area contributed by atoms with Crippen LogP contribution in [0.5, 0.6) is 0 Å². The molecule has 0 bridgehead atoms. The molecule has 0 saturated carbocycles. The van der Waals surface area contributed by atoms with Crippen molar-refractivity contribution in [1.29, 1.82) is 0 Å². The Bertz CT molecular complexity index is 492. The largest absolute Gasteiger partial charge is 0.368 e. The Labute approximate surface area is 104 Å². The molecule has 0 atom stereocenters. The lowest BCUT2D eigenvalue weighted by atomic mass is 10.1. The second-order valence-corrected chi connectivity index (χ2v) is 3.50. The Morgan fingerprint density at radius 2 is 1.72 bits per heavy atom. The number of rotatable bonds is 5. The zero-order valence-corrected chi connectivity index (χ0v) is 9.55. The van der Waals surface area contributed by atoms with Gasteiger partial charge in [-0.05, 0) is 23.8 Å². The molecule has 0 unspecified atom stereocenters. The highest BCUT2D eigenvalue weighted by Crippen LogP contribution is 2.05. The van der Waals surface area contributed by atoms with Crippen molar-refractivity contribution >= 4 is 23.8 Å². The number of benzene rings is 1. The van der Waals surface area contributed by atoms with Gasteiger partial charge in [0, 0.05) is 11.6 Å². The van der Waals surface area contributed by atoms with Crippen LogP contribution in [-0.2, 0) is 9.59 Å². The topological polar surface area (TPSA) is 115 Å². The van der Waals surface area contributed by atoms with Crippen LogP contribution >= 0.6 is 0 Å². The van der Waals surface area contributed by atoms with Gasteiger partial charge in [-0.15, -0.1) is 0 Å². The van der Waals surface area contributed by atoms with Crippen LogP contribution in [0.3, 0.4) is 0 Å². The molecular formula is C12H13N3O3. The lowest BCUT2D eigenvalue weighted by molar-refractivity contribution is -0.122. The van der Waals surface area contributed by atoms with Gasteiger partial charge in [-0.3, -0.25) is 14.4 Å². The van der Waals surface area contributed by atoms with Gasteiger partial charge in [0.25, 0.3) is 0 Å². The smallest absolute Gasteiger partial charge is 0.248 e. The van der Waals surface area contributed by atoms with E-state index in [1.165, 1.54) is 6.08 Å².